The summed E-state index contributed by atoms with van der Waals surface area (Å²) >= 11 is 0. The zero-order valence-corrected chi connectivity index (χ0v) is 25.6. The van der Waals surface area contributed by atoms with E-state index in [-0.39, 0.29) is 16.6 Å². The van der Waals surface area contributed by atoms with Crippen LogP contribution < -0.4 is 21.2 Å². The van der Waals surface area contributed by atoms with Gasteiger partial charge < -0.3 is 10.6 Å². The van der Waals surface area contributed by atoms with E-state index in [1.165, 1.54) is 61.1 Å². The molecular weight excluding hydrogens is 486 g/mol. The van der Waals surface area contributed by atoms with Gasteiger partial charge in [0.2, 0.25) is 0 Å². The second-order valence-corrected chi connectivity index (χ2v) is 14.1. The van der Waals surface area contributed by atoms with E-state index in [2.05, 4.69) is 140 Å². The molecule has 3 heterocycles. The molecule has 0 amide bonds. The highest BCUT2D eigenvalue weighted by molar-refractivity contribution is 5.87. The molecule has 1 unspecified atom stereocenters. The fourth-order valence-corrected chi connectivity index (χ4v) is 7.22. The van der Waals surface area contributed by atoms with Crippen LogP contribution in [0.1, 0.15) is 102 Å². The van der Waals surface area contributed by atoms with Gasteiger partial charge >= 0.3 is 0 Å². The number of hydrogen-bond acceptors (Lipinski definition) is 3. The van der Waals surface area contributed by atoms with E-state index in [0.717, 1.165) is 11.8 Å². The summed E-state index contributed by atoms with van der Waals surface area (Å²) in [7, 11) is 0. The normalized spacial score (nSPS) is 22.2. The van der Waals surface area contributed by atoms with Gasteiger partial charge in [-0.15, -0.1) is 0 Å². The Morgan fingerprint density at radius 2 is 1.43 bits per heavy atom. The summed E-state index contributed by atoms with van der Waals surface area (Å²) in [5.74, 6) is 0.488. The number of allylic oxidation sites excluding steroid dienone is 2. The Morgan fingerprint density at radius 1 is 0.750 bits per heavy atom. The van der Waals surface area contributed by atoms with Gasteiger partial charge in [-0.1, -0.05) is 37.3 Å². The monoisotopic (exact) mass is 529 g/mol. The lowest BCUT2D eigenvalue weighted by Crippen LogP contribution is -2.36. The molecule has 0 fully saturated rings. The third kappa shape index (κ3) is 4.80. The summed E-state index contributed by atoms with van der Waals surface area (Å²) in [5.41, 5.74) is 12.6. The van der Waals surface area contributed by atoms with Crippen molar-refractivity contribution in [1.82, 2.24) is 0 Å². The molecule has 0 saturated carbocycles. The van der Waals surface area contributed by atoms with Crippen LogP contribution >= 0.6 is 0 Å². The Kier molecular flexibility index (Phi) is 5.96. The lowest BCUT2D eigenvalue weighted by molar-refractivity contribution is 0.454. The molecule has 206 valence electrons. The Bertz CT molecular complexity index is 1730. The predicted octanol–water partition coefficient (Wildman–Crippen LogP) is 8.05. The Labute approximate surface area is 239 Å². The van der Waals surface area contributed by atoms with Crippen LogP contribution in [-0.4, -0.2) is 16.6 Å². The smallest absolute Gasteiger partial charge is 0.0744 e. The average Bonchev–Trinajstić information content (AvgIpc) is 2.83. The average molecular weight is 530 g/mol. The fourth-order valence-electron chi connectivity index (χ4n) is 7.22. The zero-order chi connectivity index (χ0) is 28.6. The summed E-state index contributed by atoms with van der Waals surface area (Å²) in [5, 5.41) is 9.79. The first kappa shape index (κ1) is 26.6. The maximum Gasteiger partial charge on any atom is 0.0744 e. The molecule has 0 aromatic heterocycles. The van der Waals surface area contributed by atoms with Gasteiger partial charge in [-0.05, 0) is 143 Å². The fraction of sp³-hybridized carbons (Fsp3) is 0.378. The lowest BCUT2D eigenvalue weighted by Gasteiger charge is -2.38. The summed E-state index contributed by atoms with van der Waals surface area (Å²) in [4.78, 5) is 5.03. The Hall–Kier alpha value is -3.59. The second kappa shape index (κ2) is 8.96. The molecule has 0 spiro atoms. The van der Waals surface area contributed by atoms with E-state index in [9.17, 15) is 0 Å². The van der Waals surface area contributed by atoms with Gasteiger partial charge in [-0.3, -0.25) is 4.99 Å². The van der Waals surface area contributed by atoms with Crippen LogP contribution in [0.2, 0.25) is 0 Å². The highest BCUT2D eigenvalue weighted by atomic mass is 15.0. The second-order valence-electron chi connectivity index (χ2n) is 14.1. The maximum absolute atomic E-state index is 5.03. The SMILES string of the molecule is CC1=CC(C)(C)Nc2ccc(/C(c3ccc4c(c3)C(C)CC(C)(C)N4)=c3\ccc4c(c3)C(C)=CC(C)(C)N=4)cc21. The van der Waals surface area contributed by atoms with E-state index >= 15 is 0 Å². The van der Waals surface area contributed by atoms with Crippen LogP contribution in [0.3, 0.4) is 0 Å². The molecule has 0 aliphatic carbocycles. The minimum Gasteiger partial charge on any atom is -0.380 e. The van der Waals surface area contributed by atoms with Crippen molar-refractivity contribution in [1.29, 1.82) is 0 Å². The van der Waals surface area contributed by atoms with Crippen LogP contribution in [-0.2, 0) is 0 Å². The Morgan fingerprint density at radius 3 is 2.17 bits per heavy atom. The van der Waals surface area contributed by atoms with Gasteiger partial charge in [0, 0.05) is 28.0 Å². The van der Waals surface area contributed by atoms with Gasteiger partial charge in [0.1, 0.15) is 0 Å². The highest BCUT2D eigenvalue weighted by Gasteiger charge is 2.30. The number of benzene rings is 3. The van der Waals surface area contributed by atoms with Crippen molar-refractivity contribution in [2.24, 2.45) is 4.99 Å². The molecule has 6 rings (SSSR count). The van der Waals surface area contributed by atoms with Crippen molar-refractivity contribution in [3.63, 3.8) is 0 Å². The zero-order valence-electron chi connectivity index (χ0n) is 25.6. The summed E-state index contributed by atoms with van der Waals surface area (Å²) in [6.07, 6.45) is 5.74. The van der Waals surface area contributed by atoms with E-state index < -0.39 is 0 Å². The van der Waals surface area contributed by atoms with Gasteiger partial charge in [-0.2, -0.15) is 0 Å². The van der Waals surface area contributed by atoms with Crippen LogP contribution in [0.25, 0.3) is 16.7 Å². The molecule has 0 saturated heterocycles. The molecule has 3 aliphatic heterocycles. The third-order valence-corrected chi connectivity index (χ3v) is 8.62. The standard InChI is InChI=1S/C37H43N3/c1-22-19-35(4,5)38-31-13-10-25(16-28(22)31)34(26-11-14-32-29(17-26)23(2)20-36(6,7)39-32)27-12-15-33-30(18-27)24(3)21-37(8,9)40-33/h10-20,24,38,40H,21H2,1-9H3/b34-26-. The molecule has 2 N–H and O–H groups in total. The van der Waals surface area contributed by atoms with Gasteiger partial charge in [0.15, 0.2) is 0 Å². The summed E-state index contributed by atoms with van der Waals surface area (Å²) in [6.45, 7) is 20.2. The van der Waals surface area contributed by atoms with Gasteiger partial charge in [0.05, 0.1) is 16.4 Å². The Balaban J connectivity index is 1.61. The van der Waals surface area contributed by atoms with E-state index in [4.69, 9.17) is 4.99 Å². The number of anilines is 2. The highest BCUT2D eigenvalue weighted by Crippen LogP contribution is 2.41. The van der Waals surface area contributed by atoms with Gasteiger partial charge in [-0.25, -0.2) is 0 Å². The molecule has 0 radical (unpaired) electrons. The first-order chi connectivity index (χ1) is 18.7. The van der Waals surface area contributed by atoms with Gasteiger partial charge in [0.25, 0.3) is 0 Å². The van der Waals surface area contributed by atoms with E-state index in [0.29, 0.717) is 5.92 Å². The topological polar surface area (TPSA) is 36.4 Å². The summed E-state index contributed by atoms with van der Waals surface area (Å²) in [6, 6.07) is 20.8. The van der Waals surface area contributed by atoms with Crippen molar-refractivity contribution >= 4 is 28.1 Å². The van der Waals surface area contributed by atoms with E-state index in [1.807, 2.05) is 0 Å². The van der Waals surface area contributed by atoms with Crippen molar-refractivity contribution in [3.8, 4) is 0 Å². The molecule has 3 heteroatoms. The van der Waals surface area contributed by atoms with Crippen LogP contribution in [0.5, 0.6) is 0 Å². The van der Waals surface area contributed by atoms with Crippen LogP contribution in [0.4, 0.5) is 11.4 Å². The molecule has 40 heavy (non-hydrogen) atoms. The maximum atomic E-state index is 5.03. The third-order valence-electron chi connectivity index (χ3n) is 8.62. The quantitative estimate of drug-likeness (QED) is 0.352. The van der Waals surface area contributed by atoms with Crippen molar-refractivity contribution in [2.75, 3.05) is 10.6 Å². The number of nitrogens with one attached hydrogen (secondary N) is 2. The largest absolute Gasteiger partial charge is 0.380 e. The van der Waals surface area contributed by atoms with Crippen LogP contribution in [0, 0.1) is 0 Å². The minimum absolute atomic E-state index is 0.0554. The van der Waals surface area contributed by atoms with E-state index in [1.54, 1.807) is 0 Å². The number of fused-ring (bicyclic) bond motifs is 3. The molecule has 0 bridgehead atoms. The minimum atomic E-state index is -0.177. The number of hydrogen-bond donors (Lipinski definition) is 2. The first-order valence-corrected chi connectivity index (χ1v) is 14.7. The van der Waals surface area contributed by atoms with Crippen molar-refractivity contribution in [2.45, 2.75) is 91.3 Å². The predicted molar refractivity (Wildman–Crippen MR) is 172 cm³/mol. The van der Waals surface area contributed by atoms with Crippen molar-refractivity contribution < 1.29 is 0 Å². The number of rotatable bonds is 2. The van der Waals surface area contributed by atoms with Crippen molar-refractivity contribution in [3.05, 3.63) is 105 Å². The molecule has 3 aliphatic rings. The molecule has 3 aromatic rings. The molecular formula is C37H43N3. The lowest BCUT2D eigenvalue weighted by atomic mass is 9.80. The summed E-state index contributed by atoms with van der Waals surface area (Å²) < 4.78 is 0. The molecule has 3 aromatic carbocycles. The number of nitrogens with zero attached hydrogens (tertiary/aromatic N) is 1. The molecule has 1 atom stereocenters. The van der Waals surface area contributed by atoms with Crippen LogP contribution in [0.15, 0.2) is 71.7 Å². The molecule has 3 nitrogen and oxygen atoms in total. The first-order valence-electron chi connectivity index (χ1n) is 14.7.